The van der Waals surface area contributed by atoms with Gasteiger partial charge in [0.1, 0.15) is 24.0 Å². The van der Waals surface area contributed by atoms with Crippen LogP contribution in [0.4, 0.5) is 20.3 Å². The summed E-state index contributed by atoms with van der Waals surface area (Å²) in [6, 6.07) is 11.5. The molecule has 2 aliphatic heterocycles. The van der Waals surface area contributed by atoms with Gasteiger partial charge in [-0.2, -0.15) is 0 Å². The van der Waals surface area contributed by atoms with E-state index in [1.807, 2.05) is 24.3 Å². The van der Waals surface area contributed by atoms with Gasteiger partial charge in [0.05, 0.1) is 17.5 Å². The maximum atomic E-state index is 14.2. The number of hydrogen-bond donors (Lipinski definition) is 3. The normalized spacial score (nSPS) is 24.7. The maximum absolute atomic E-state index is 14.2. The number of fused-ring (bicyclic) bond motifs is 3. The Hall–Kier alpha value is -4.18. The van der Waals surface area contributed by atoms with E-state index in [4.69, 9.17) is 0 Å². The van der Waals surface area contributed by atoms with Crippen LogP contribution in [0, 0.1) is 17.6 Å². The lowest BCUT2D eigenvalue weighted by atomic mass is 9.79. The van der Waals surface area contributed by atoms with Crippen LogP contribution in [-0.4, -0.2) is 46.7 Å². The van der Waals surface area contributed by atoms with Crippen LogP contribution in [0.5, 0.6) is 0 Å². The zero-order valence-electron chi connectivity index (χ0n) is 25.1. The van der Waals surface area contributed by atoms with Gasteiger partial charge in [-0.25, -0.2) is 13.8 Å². The molecule has 10 heteroatoms. The Kier molecular flexibility index (Phi) is 7.85. The van der Waals surface area contributed by atoms with Crippen molar-refractivity contribution >= 4 is 29.2 Å². The van der Waals surface area contributed by atoms with Crippen molar-refractivity contribution in [1.82, 2.24) is 15.2 Å². The van der Waals surface area contributed by atoms with E-state index in [-0.39, 0.29) is 18.4 Å². The van der Waals surface area contributed by atoms with Crippen molar-refractivity contribution in [2.24, 2.45) is 5.92 Å². The molecule has 3 N–H and O–H groups in total. The maximum Gasteiger partial charge on any atom is 0.244 e. The summed E-state index contributed by atoms with van der Waals surface area (Å²) in [6.07, 6.45) is 10.3. The van der Waals surface area contributed by atoms with E-state index < -0.39 is 35.0 Å². The van der Waals surface area contributed by atoms with E-state index >= 15 is 0 Å². The first kappa shape index (κ1) is 29.5. The zero-order chi connectivity index (χ0) is 31.1. The van der Waals surface area contributed by atoms with Crippen LogP contribution in [-0.2, 0) is 32.6 Å². The van der Waals surface area contributed by atoms with Gasteiger partial charge in [0.15, 0.2) is 0 Å². The summed E-state index contributed by atoms with van der Waals surface area (Å²) in [5.41, 5.74) is 3.03. The summed E-state index contributed by atoms with van der Waals surface area (Å²) in [6.45, 7) is 0.0333. The number of nitrogens with one attached hydrogen (secondary N) is 3. The predicted molar refractivity (Wildman–Crippen MR) is 165 cm³/mol. The minimum Gasteiger partial charge on any atom is -0.325 e. The van der Waals surface area contributed by atoms with Crippen molar-refractivity contribution in [2.45, 2.75) is 75.3 Å². The van der Waals surface area contributed by atoms with Crippen LogP contribution < -0.4 is 16.0 Å². The van der Waals surface area contributed by atoms with Crippen LogP contribution >= 0.6 is 0 Å². The topological polar surface area (TPSA) is 103 Å². The molecule has 0 radical (unpaired) electrons. The fourth-order valence-electron chi connectivity index (χ4n) is 7.88. The van der Waals surface area contributed by atoms with Gasteiger partial charge in [-0.05, 0) is 72.2 Å². The monoisotopic (exact) mass is 613 g/mol. The van der Waals surface area contributed by atoms with Gasteiger partial charge in [-0.1, -0.05) is 50.7 Å². The first-order valence-electron chi connectivity index (χ1n) is 16.0. The smallest absolute Gasteiger partial charge is 0.244 e. The summed E-state index contributed by atoms with van der Waals surface area (Å²) in [7, 11) is 0. The minimum absolute atomic E-state index is 0.0755. The molecule has 4 aliphatic rings. The molecule has 3 heterocycles. The quantitative estimate of drug-likeness (QED) is 0.332. The Bertz CT molecular complexity index is 1640. The molecule has 3 aromatic rings. The molecule has 1 spiro atoms. The van der Waals surface area contributed by atoms with Crippen LogP contribution in [0.1, 0.15) is 73.2 Å². The molecular formula is C35H37F2N5O3. The Morgan fingerprint density at radius 2 is 1.73 bits per heavy atom. The second-order valence-electron chi connectivity index (χ2n) is 13.1. The van der Waals surface area contributed by atoms with Gasteiger partial charge in [0.25, 0.3) is 0 Å². The van der Waals surface area contributed by atoms with E-state index in [1.165, 1.54) is 29.9 Å². The average Bonchev–Trinajstić information content (AvgIpc) is 3.38. The predicted octanol–water partition coefficient (Wildman–Crippen LogP) is 5.19. The highest BCUT2D eigenvalue weighted by atomic mass is 19.1. The number of anilines is 2. The highest BCUT2D eigenvalue weighted by molar-refractivity contribution is 6.06. The third kappa shape index (κ3) is 5.72. The lowest BCUT2D eigenvalue weighted by molar-refractivity contribution is -0.142. The number of piperazine rings is 1. The molecule has 1 saturated heterocycles. The number of aromatic nitrogens is 1. The number of carbonyl (C=O) groups is 3. The Morgan fingerprint density at radius 3 is 2.51 bits per heavy atom. The number of hydrogen-bond acceptors (Lipinski definition) is 5. The molecule has 1 aromatic heterocycles. The molecule has 8 nitrogen and oxygen atoms in total. The molecular weight excluding hydrogens is 576 g/mol. The molecule has 3 atom stereocenters. The fraction of sp³-hybridized carbons (Fsp3) is 0.429. The molecule has 2 aromatic carbocycles. The van der Waals surface area contributed by atoms with Gasteiger partial charge in [0, 0.05) is 30.1 Å². The molecule has 7 rings (SSSR count). The summed E-state index contributed by atoms with van der Waals surface area (Å²) in [5.74, 6) is -1.15. The van der Waals surface area contributed by atoms with Crippen LogP contribution in [0.15, 0.2) is 54.7 Å². The second kappa shape index (κ2) is 12.0. The van der Waals surface area contributed by atoms with Crippen LogP contribution in [0.3, 0.4) is 0 Å². The van der Waals surface area contributed by atoms with E-state index in [2.05, 4.69) is 20.9 Å². The van der Waals surface area contributed by atoms with E-state index in [9.17, 15) is 23.2 Å². The van der Waals surface area contributed by atoms with Crippen molar-refractivity contribution in [3.05, 3.63) is 88.6 Å². The van der Waals surface area contributed by atoms with Crippen molar-refractivity contribution in [3.63, 3.8) is 0 Å². The summed E-state index contributed by atoms with van der Waals surface area (Å²) in [5, 5.41) is 9.18. The van der Waals surface area contributed by atoms with E-state index in [0.717, 1.165) is 48.4 Å². The Labute approximate surface area is 261 Å². The van der Waals surface area contributed by atoms with Crippen LogP contribution in [0.25, 0.3) is 0 Å². The lowest BCUT2D eigenvalue weighted by Gasteiger charge is -2.40. The van der Waals surface area contributed by atoms with Crippen LogP contribution in [0.2, 0.25) is 0 Å². The van der Waals surface area contributed by atoms with Crippen molar-refractivity contribution in [2.75, 3.05) is 23.7 Å². The summed E-state index contributed by atoms with van der Waals surface area (Å²) in [4.78, 5) is 46.3. The number of benzene rings is 2. The largest absolute Gasteiger partial charge is 0.325 e. The number of pyridine rings is 1. The number of halogens is 2. The third-order valence-electron chi connectivity index (χ3n) is 10.1. The van der Waals surface area contributed by atoms with Gasteiger partial charge >= 0.3 is 0 Å². The molecule has 2 fully saturated rings. The fourth-order valence-corrected chi connectivity index (χ4v) is 7.88. The number of carbonyl (C=O) groups excluding carboxylic acids is 3. The van der Waals surface area contributed by atoms with Gasteiger partial charge < -0.3 is 20.9 Å². The van der Waals surface area contributed by atoms with Gasteiger partial charge in [-0.3, -0.25) is 14.4 Å². The number of nitrogens with zero attached hydrogens (tertiary/aromatic N) is 2. The molecule has 1 saturated carbocycles. The summed E-state index contributed by atoms with van der Waals surface area (Å²) >= 11 is 0. The second-order valence-corrected chi connectivity index (χ2v) is 13.1. The highest BCUT2D eigenvalue weighted by Gasteiger charge is 2.51. The van der Waals surface area contributed by atoms with Gasteiger partial charge in [0.2, 0.25) is 17.7 Å². The van der Waals surface area contributed by atoms with E-state index in [0.29, 0.717) is 48.8 Å². The first-order valence-corrected chi connectivity index (χ1v) is 16.0. The Morgan fingerprint density at radius 1 is 0.978 bits per heavy atom. The average molecular weight is 614 g/mol. The molecule has 2 aliphatic carbocycles. The number of rotatable bonds is 6. The number of amides is 3. The van der Waals surface area contributed by atoms with Crippen molar-refractivity contribution < 1.29 is 23.2 Å². The Balaban J connectivity index is 1.09. The standard InChI is InChI=1S/C35H37F2N5O3/c36-25-13-23(14-26(37)16-25)30-19-39-29(12-21-6-3-1-2-4-7-21)33(44)42(30)20-31(43)40-27-10-9-22-17-35(18-24(22)15-27)28-8-5-11-38-32(28)41-34(35)45/h5,8-11,13-16,21,29-30,39H,1-4,6-7,12,17-20H2,(H,40,43)(H,38,41,45)/t29-,30?,35?/m0/s1. The highest BCUT2D eigenvalue weighted by Crippen LogP contribution is 2.47. The van der Waals surface area contributed by atoms with Gasteiger partial charge in [-0.15, -0.1) is 0 Å². The molecule has 234 valence electrons. The SMILES string of the molecule is O=C(CN1C(=O)[C@H](CC2CCCCCC2)NCC1c1cc(F)cc(F)c1)Nc1ccc2c(c1)CC1(C2)C(=O)Nc2ncccc21. The first-order chi connectivity index (χ1) is 21.8. The summed E-state index contributed by atoms with van der Waals surface area (Å²) < 4.78 is 28.5. The van der Waals surface area contributed by atoms with Crippen molar-refractivity contribution in [1.29, 1.82) is 0 Å². The zero-order valence-corrected chi connectivity index (χ0v) is 25.1. The molecule has 0 bridgehead atoms. The molecule has 2 unspecified atom stereocenters. The van der Waals surface area contributed by atoms with E-state index in [1.54, 1.807) is 12.3 Å². The minimum atomic E-state index is -0.729. The molecule has 45 heavy (non-hydrogen) atoms. The van der Waals surface area contributed by atoms with Crippen molar-refractivity contribution in [3.8, 4) is 0 Å². The molecule has 3 amide bonds. The third-order valence-corrected chi connectivity index (χ3v) is 10.1. The lowest BCUT2D eigenvalue weighted by Crippen LogP contribution is -2.58.